The molecule has 0 radical (unpaired) electrons. The molecule has 0 saturated heterocycles. The maximum Gasteiger partial charge on any atom is 0.175 e. The Kier molecular flexibility index (Phi) is 4.27. The van der Waals surface area contributed by atoms with Crippen LogP contribution in [0.25, 0.3) is 0 Å². The highest BCUT2D eigenvalue weighted by Crippen LogP contribution is 2.28. The number of rotatable bonds is 4. The van der Waals surface area contributed by atoms with E-state index in [-0.39, 0.29) is 4.90 Å². The molecule has 18 heavy (non-hydrogen) atoms. The molecule has 1 atom stereocenters. The second kappa shape index (κ2) is 5.18. The number of sulfone groups is 1. The van der Waals surface area contributed by atoms with E-state index in [1.807, 2.05) is 7.05 Å². The molecule has 0 bridgehead atoms. The van der Waals surface area contributed by atoms with Crippen molar-refractivity contribution in [2.24, 2.45) is 5.92 Å². The third kappa shape index (κ3) is 3.16. The van der Waals surface area contributed by atoms with Gasteiger partial charge in [0, 0.05) is 19.3 Å². The Hall–Kier alpha value is -1.23. The number of nitrogens with zero attached hydrogens (tertiary/aromatic N) is 1. The molecule has 0 aliphatic carbocycles. The van der Waals surface area contributed by atoms with Gasteiger partial charge in [-0.3, -0.25) is 0 Å². The highest BCUT2D eigenvalue weighted by molar-refractivity contribution is 7.90. The molecule has 1 rings (SSSR count). The van der Waals surface area contributed by atoms with Gasteiger partial charge in [-0.2, -0.15) is 0 Å². The first-order chi connectivity index (χ1) is 8.14. The highest BCUT2D eigenvalue weighted by Gasteiger charge is 2.17. The highest BCUT2D eigenvalue weighted by atomic mass is 32.2. The van der Waals surface area contributed by atoms with Gasteiger partial charge in [0.2, 0.25) is 0 Å². The summed E-state index contributed by atoms with van der Waals surface area (Å²) in [6, 6.07) is 5.22. The number of benzene rings is 1. The molecule has 0 aromatic heterocycles. The van der Waals surface area contributed by atoms with Gasteiger partial charge >= 0.3 is 0 Å². The maximum absolute atomic E-state index is 11.4. The number of hydrogen-bond acceptors (Lipinski definition) is 4. The lowest BCUT2D eigenvalue weighted by atomic mass is 10.0. The molecule has 0 spiro atoms. The third-order valence-corrected chi connectivity index (χ3v) is 4.49. The Balaban J connectivity index is 3.14. The lowest BCUT2D eigenvalue weighted by molar-refractivity contribution is 0.506. The zero-order valence-corrected chi connectivity index (χ0v) is 12.5. The van der Waals surface area contributed by atoms with Crippen LogP contribution in [0.5, 0.6) is 0 Å². The second-order valence-electron chi connectivity index (χ2n) is 5.09. The van der Waals surface area contributed by atoms with Gasteiger partial charge in [0.25, 0.3) is 0 Å². The van der Waals surface area contributed by atoms with Gasteiger partial charge in [0.05, 0.1) is 16.3 Å². The molecule has 1 aromatic rings. The summed E-state index contributed by atoms with van der Waals surface area (Å²) < 4.78 is 22.9. The summed E-state index contributed by atoms with van der Waals surface area (Å²) in [7, 11) is -1.23. The predicted octanol–water partition coefficient (Wildman–Crippen LogP) is 2.15. The molecule has 2 N–H and O–H groups in total. The largest absolute Gasteiger partial charge is 0.397 e. The van der Waals surface area contributed by atoms with E-state index in [4.69, 9.17) is 5.73 Å². The molecule has 0 amide bonds. The topological polar surface area (TPSA) is 63.4 Å². The van der Waals surface area contributed by atoms with Crippen LogP contribution >= 0.6 is 0 Å². The van der Waals surface area contributed by atoms with Gasteiger partial charge in [-0.15, -0.1) is 0 Å². The SMILES string of the molecule is CC(C)C(C)N(C)c1ccc(S(C)(=O)=O)cc1N. The average Bonchev–Trinajstić information content (AvgIpc) is 2.25. The minimum absolute atomic E-state index is 0.259. The molecule has 0 heterocycles. The zero-order valence-electron chi connectivity index (χ0n) is 11.6. The third-order valence-electron chi connectivity index (χ3n) is 3.38. The monoisotopic (exact) mass is 270 g/mol. The minimum atomic E-state index is -3.20. The van der Waals surface area contributed by atoms with Crippen LogP contribution in [-0.4, -0.2) is 27.8 Å². The summed E-state index contributed by atoms with van der Waals surface area (Å²) in [4.78, 5) is 2.33. The van der Waals surface area contributed by atoms with Crippen LogP contribution < -0.4 is 10.6 Å². The van der Waals surface area contributed by atoms with Crippen LogP contribution in [0.1, 0.15) is 20.8 Å². The van der Waals surface area contributed by atoms with Crippen LogP contribution in [0.2, 0.25) is 0 Å². The van der Waals surface area contributed by atoms with Crippen LogP contribution in [0.3, 0.4) is 0 Å². The molecular weight excluding hydrogens is 248 g/mol. The van der Waals surface area contributed by atoms with Gasteiger partial charge in [0.1, 0.15) is 0 Å². The smallest absolute Gasteiger partial charge is 0.175 e. The van der Waals surface area contributed by atoms with Crippen molar-refractivity contribution in [2.45, 2.75) is 31.7 Å². The quantitative estimate of drug-likeness (QED) is 0.852. The molecule has 4 nitrogen and oxygen atoms in total. The van der Waals surface area contributed by atoms with E-state index in [1.54, 1.807) is 12.1 Å². The zero-order chi connectivity index (χ0) is 14.1. The predicted molar refractivity (Wildman–Crippen MR) is 76.7 cm³/mol. The van der Waals surface area contributed by atoms with E-state index in [0.717, 1.165) is 5.69 Å². The number of hydrogen-bond donors (Lipinski definition) is 1. The molecule has 5 heteroatoms. The molecule has 0 aliphatic rings. The lowest BCUT2D eigenvalue weighted by Gasteiger charge is -2.31. The molecule has 0 fully saturated rings. The van der Waals surface area contributed by atoms with E-state index in [9.17, 15) is 8.42 Å². The fourth-order valence-electron chi connectivity index (χ4n) is 1.75. The van der Waals surface area contributed by atoms with Crippen LogP contribution in [0, 0.1) is 5.92 Å². The Bertz CT molecular complexity index is 524. The summed E-state index contributed by atoms with van der Waals surface area (Å²) in [5.74, 6) is 0.490. The first kappa shape index (κ1) is 14.8. The molecule has 1 unspecified atom stereocenters. The van der Waals surface area contributed by atoms with Crippen molar-refractivity contribution >= 4 is 21.2 Å². The van der Waals surface area contributed by atoms with Crippen LogP contribution in [-0.2, 0) is 9.84 Å². The van der Waals surface area contributed by atoms with Crippen LogP contribution in [0.15, 0.2) is 23.1 Å². The van der Waals surface area contributed by atoms with Crippen molar-refractivity contribution in [2.75, 3.05) is 23.9 Å². The van der Waals surface area contributed by atoms with E-state index >= 15 is 0 Å². The lowest BCUT2D eigenvalue weighted by Crippen LogP contribution is -2.33. The van der Waals surface area contributed by atoms with Crippen molar-refractivity contribution < 1.29 is 8.42 Å². The van der Waals surface area contributed by atoms with E-state index in [1.165, 1.54) is 12.3 Å². The Morgan fingerprint density at radius 2 is 1.78 bits per heavy atom. The first-order valence-corrected chi connectivity index (χ1v) is 7.86. The summed E-state index contributed by atoms with van der Waals surface area (Å²) >= 11 is 0. The molecule has 0 saturated carbocycles. The van der Waals surface area contributed by atoms with E-state index < -0.39 is 9.84 Å². The Labute approximate surface area is 110 Å². The van der Waals surface area contributed by atoms with Crippen molar-refractivity contribution in [1.29, 1.82) is 0 Å². The van der Waals surface area contributed by atoms with Gasteiger partial charge in [-0.1, -0.05) is 13.8 Å². The van der Waals surface area contributed by atoms with E-state index in [0.29, 0.717) is 17.6 Å². The van der Waals surface area contributed by atoms with Gasteiger partial charge < -0.3 is 10.6 Å². The van der Waals surface area contributed by atoms with Crippen LogP contribution in [0.4, 0.5) is 11.4 Å². The molecule has 0 aliphatic heterocycles. The fraction of sp³-hybridized carbons (Fsp3) is 0.538. The van der Waals surface area contributed by atoms with E-state index in [2.05, 4.69) is 25.7 Å². The summed E-state index contributed by atoms with van der Waals surface area (Å²) in [5.41, 5.74) is 7.31. The standard InChI is InChI=1S/C13H22N2O2S/c1-9(2)10(3)15(4)13-7-6-11(8-12(13)14)18(5,16)17/h6-10H,14H2,1-5H3. The first-order valence-electron chi connectivity index (χ1n) is 5.97. The Morgan fingerprint density at radius 3 is 2.17 bits per heavy atom. The number of nitrogens with two attached hydrogens (primary N) is 1. The molecule has 1 aromatic carbocycles. The number of anilines is 2. The summed E-state index contributed by atoms with van der Waals surface area (Å²) in [6.07, 6.45) is 1.18. The number of nitrogen functional groups attached to an aromatic ring is 1. The van der Waals surface area contributed by atoms with Crippen molar-refractivity contribution in [3.63, 3.8) is 0 Å². The maximum atomic E-state index is 11.4. The van der Waals surface area contributed by atoms with Gasteiger partial charge in [-0.25, -0.2) is 8.42 Å². The van der Waals surface area contributed by atoms with Crippen molar-refractivity contribution in [1.82, 2.24) is 0 Å². The summed E-state index contributed by atoms with van der Waals surface area (Å²) in [5, 5.41) is 0. The van der Waals surface area contributed by atoms with Gasteiger partial charge in [0.15, 0.2) is 9.84 Å². The Morgan fingerprint density at radius 1 is 1.22 bits per heavy atom. The average molecular weight is 270 g/mol. The van der Waals surface area contributed by atoms with Crippen molar-refractivity contribution in [3.05, 3.63) is 18.2 Å². The van der Waals surface area contributed by atoms with Gasteiger partial charge in [-0.05, 0) is 31.0 Å². The molecule has 102 valence electrons. The summed E-state index contributed by atoms with van der Waals surface area (Å²) in [6.45, 7) is 6.40. The van der Waals surface area contributed by atoms with Crippen molar-refractivity contribution in [3.8, 4) is 0 Å². The molecular formula is C13H22N2O2S. The minimum Gasteiger partial charge on any atom is -0.397 e. The second-order valence-corrected chi connectivity index (χ2v) is 7.10. The fourth-order valence-corrected chi connectivity index (χ4v) is 2.41. The normalized spacial score (nSPS) is 13.7.